The third-order valence-electron chi connectivity index (χ3n) is 3.75. The molecule has 0 aromatic heterocycles. The van der Waals surface area contributed by atoms with Crippen LogP contribution in [0.5, 0.6) is 0 Å². The Hall–Kier alpha value is -0.610. The molecule has 1 fully saturated rings. The van der Waals surface area contributed by atoms with E-state index in [1.165, 1.54) is 19.3 Å². The lowest BCUT2D eigenvalue weighted by atomic mass is 9.94. The number of carbonyl (C=O) groups is 1. The predicted molar refractivity (Wildman–Crippen MR) is 64.3 cm³/mol. The first-order chi connectivity index (χ1) is 7.34. The van der Waals surface area contributed by atoms with Gasteiger partial charge in [-0.25, -0.2) is 0 Å². The van der Waals surface area contributed by atoms with Crippen molar-refractivity contribution in [2.24, 2.45) is 5.73 Å². The van der Waals surface area contributed by atoms with Crippen LogP contribution in [-0.2, 0) is 4.79 Å². The number of rotatable bonds is 4. The smallest absolute Gasteiger partial charge is 0.323 e. The Bertz CT molecular complexity index is 243. The van der Waals surface area contributed by atoms with E-state index in [1.54, 1.807) is 6.92 Å². The summed E-state index contributed by atoms with van der Waals surface area (Å²) in [5.74, 6) is -0.912. The van der Waals surface area contributed by atoms with Crippen LogP contribution in [-0.4, -0.2) is 40.1 Å². The summed E-state index contributed by atoms with van der Waals surface area (Å²) in [5, 5.41) is 8.96. The minimum absolute atomic E-state index is 0.511. The molecule has 1 aliphatic rings. The molecule has 1 aliphatic heterocycles. The quantitative estimate of drug-likeness (QED) is 0.764. The number of hydrogen-bond donors (Lipinski definition) is 2. The van der Waals surface area contributed by atoms with Gasteiger partial charge in [0.25, 0.3) is 0 Å². The van der Waals surface area contributed by atoms with Gasteiger partial charge in [-0.2, -0.15) is 0 Å². The van der Waals surface area contributed by atoms with E-state index in [2.05, 4.69) is 18.7 Å². The highest BCUT2D eigenvalue weighted by molar-refractivity contribution is 5.77. The minimum Gasteiger partial charge on any atom is -0.480 e. The second kappa shape index (κ2) is 5.15. The van der Waals surface area contributed by atoms with Gasteiger partial charge >= 0.3 is 5.97 Å². The van der Waals surface area contributed by atoms with Crippen molar-refractivity contribution >= 4 is 5.97 Å². The molecule has 3 atom stereocenters. The van der Waals surface area contributed by atoms with Crippen molar-refractivity contribution in [2.45, 2.75) is 64.1 Å². The molecule has 4 nitrogen and oxygen atoms in total. The van der Waals surface area contributed by atoms with Gasteiger partial charge in [0.05, 0.1) is 0 Å². The monoisotopic (exact) mass is 228 g/mol. The number of hydrogen-bond acceptors (Lipinski definition) is 3. The SMILES string of the molecule is CC1CCCC(C)N1CCC(C)(N)C(=O)O. The number of nitrogens with zero attached hydrogens (tertiary/aromatic N) is 1. The highest BCUT2D eigenvalue weighted by Crippen LogP contribution is 2.23. The summed E-state index contributed by atoms with van der Waals surface area (Å²) in [6, 6.07) is 1.10. The van der Waals surface area contributed by atoms with E-state index in [4.69, 9.17) is 10.8 Å². The molecule has 0 saturated carbocycles. The Kier molecular flexibility index (Phi) is 4.33. The van der Waals surface area contributed by atoms with E-state index in [-0.39, 0.29) is 0 Å². The molecule has 1 rings (SSSR count). The topological polar surface area (TPSA) is 66.6 Å². The zero-order chi connectivity index (χ0) is 12.3. The van der Waals surface area contributed by atoms with Crippen LogP contribution in [0.3, 0.4) is 0 Å². The fourth-order valence-electron chi connectivity index (χ4n) is 2.38. The molecule has 0 spiro atoms. The van der Waals surface area contributed by atoms with Gasteiger partial charge in [-0.15, -0.1) is 0 Å². The summed E-state index contributed by atoms with van der Waals surface area (Å²) in [6.07, 6.45) is 4.20. The zero-order valence-electron chi connectivity index (χ0n) is 10.6. The molecule has 0 aromatic rings. The highest BCUT2D eigenvalue weighted by Gasteiger charge is 2.31. The zero-order valence-corrected chi connectivity index (χ0v) is 10.6. The fourth-order valence-corrected chi connectivity index (χ4v) is 2.38. The van der Waals surface area contributed by atoms with E-state index in [1.807, 2.05) is 0 Å². The molecule has 0 radical (unpaired) electrons. The normalized spacial score (nSPS) is 31.0. The van der Waals surface area contributed by atoms with Crippen molar-refractivity contribution in [3.05, 3.63) is 0 Å². The second-order valence-corrected chi connectivity index (χ2v) is 5.34. The predicted octanol–water partition coefficient (Wildman–Crippen LogP) is 1.44. The van der Waals surface area contributed by atoms with Crippen molar-refractivity contribution < 1.29 is 9.90 Å². The van der Waals surface area contributed by atoms with Crippen LogP contribution in [0.15, 0.2) is 0 Å². The molecule has 1 saturated heterocycles. The van der Waals surface area contributed by atoms with E-state index in [9.17, 15) is 4.79 Å². The number of aliphatic carboxylic acids is 1. The summed E-state index contributed by atoms with van der Waals surface area (Å²) in [6.45, 7) is 6.80. The molecular formula is C12H24N2O2. The van der Waals surface area contributed by atoms with Gasteiger partial charge in [-0.1, -0.05) is 6.42 Å². The van der Waals surface area contributed by atoms with Gasteiger partial charge < -0.3 is 10.8 Å². The molecule has 0 aliphatic carbocycles. The molecule has 1 heterocycles. The Balaban J connectivity index is 2.50. The lowest BCUT2D eigenvalue weighted by Gasteiger charge is -2.40. The molecule has 3 unspecified atom stereocenters. The Labute approximate surface area is 97.8 Å². The van der Waals surface area contributed by atoms with Crippen molar-refractivity contribution in [3.63, 3.8) is 0 Å². The second-order valence-electron chi connectivity index (χ2n) is 5.34. The maximum atomic E-state index is 10.9. The van der Waals surface area contributed by atoms with Crippen LogP contribution in [0.4, 0.5) is 0 Å². The van der Waals surface area contributed by atoms with Crippen LogP contribution in [0.2, 0.25) is 0 Å². The van der Waals surface area contributed by atoms with Gasteiger partial charge in [-0.3, -0.25) is 9.69 Å². The lowest BCUT2D eigenvalue weighted by Crippen LogP contribution is -2.51. The molecule has 0 bridgehead atoms. The lowest BCUT2D eigenvalue weighted by molar-refractivity contribution is -0.143. The maximum absolute atomic E-state index is 10.9. The van der Waals surface area contributed by atoms with Crippen molar-refractivity contribution in [2.75, 3.05) is 6.54 Å². The van der Waals surface area contributed by atoms with Crippen molar-refractivity contribution in [1.29, 1.82) is 0 Å². The van der Waals surface area contributed by atoms with Crippen LogP contribution >= 0.6 is 0 Å². The van der Waals surface area contributed by atoms with E-state index < -0.39 is 11.5 Å². The fraction of sp³-hybridized carbons (Fsp3) is 0.917. The summed E-state index contributed by atoms with van der Waals surface area (Å²) < 4.78 is 0. The van der Waals surface area contributed by atoms with Gasteiger partial charge in [0.1, 0.15) is 5.54 Å². The third kappa shape index (κ3) is 3.19. The van der Waals surface area contributed by atoms with Crippen LogP contribution in [0, 0.1) is 0 Å². The molecule has 16 heavy (non-hydrogen) atoms. The molecule has 3 N–H and O–H groups in total. The number of piperidine rings is 1. The first-order valence-electron chi connectivity index (χ1n) is 6.12. The summed E-state index contributed by atoms with van der Waals surface area (Å²) in [4.78, 5) is 13.3. The van der Waals surface area contributed by atoms with Gasteiger partial charge in [-0.05, 0) is 40.0 Å². The average Bonchev–Trinajstić information content (AvgIpc) is 2.16. The molecule has 0 amide bonds. The Morgan fingerprint density at radius 2 is 1.94 bits per heavy atom. The van der Waals surface area contributed by atoms with Crippen molar-refractivity contribution in [1.82, 2.24) is 4.90 Å². The standard InChI is InChI=1S/C12H24N2O2/c1-9-5-4-6-10(2)14(9)8-7-12(3,13)11(15)16/h9-10H,4-8,13H2,1-3H3,(H,15,16). The number of likely N-dealkylation sites (tertiary alicyclic amines) is 1. The molecule has 0 aromatic carbocycles. The Morgan fingerprint density at radius 1 is 1.44 bits per heavy atom. The van der Waals surface area contributed by atoms with E-state index in [0.717, 1.165) is 6.54 Å². The third-order valence-corrected chi connectivity index (χ3v) is 3.75. The maximum Gasteiger partial charge on any atom is 0.323 e. The summed E-state index contributed by atoms with van der Waals surface area (Å²) in [7, 11) is 0. The summed E-state index contributed by atoms with van der Waals surface area (Å²) in [5.41, 5.74) is 4.64. The number of carboxylic acids is 1. The van der Waals surface area contributed by atoms with Crippen molar-refractivity contribution in [3.8, 4) is 0 Å². The number of nitrogens with two attached hydrogens (primary N) is 1. The molecular weight excluding hydrogens is 204 g/mol. The Morgan fingerprint density at radius 3 is 2.38 bits per heavy atom. The van der Waals surface area contributed by atoms with E-state index >= 15 is 0 Å². The van der Waals surface area contributed by atoms with Gasteiger partial charge in [0, 0.05) is 18.6 Å². The first-order valence-corrected chi connectivity index (χ1v) is 6.12. The highest BCUT2D eigenvalue weighted by atomic mass is 16.4. The van der Waals surface area contributed by atoms with Crippen LogP contribution < -0.4 is 5.73 Å². The van der Waals surface area contributed by atoms with Gasteiger partial charge in [0.2, 0.25) is 0 Å². The molecule has 94 valence electrons. The van der Waals surface area contributed by atoms with Gasteiger partial charge in [0.15, 0.2) is 0 Å². The van der Waals surface area contributed by atoms with Crippen LogP contribution in [0.25, 0.3) is 0 Å². The first kappa shape index (κ1) is 13.5. The molecule has 4 heteroatoms. The van der Waals surface area contributed by atoms with E-state index in [0.29, 0.717) is 18.5 Å². The number of carboxylic acid groups (broad SMARTS) is 1. The minimum atomic E-state index is -1.10. The largest absolute Gasteiger partial charge is 0.480 e. The average molecular weight is 228 g/mol. The summed E-state index contributed by atoms with van der Waals surface area (Å²) >= 11 is 0. The van der Waals surface area contributed by atoms with Crippen LogP contribution in [0.1, 0.15) is 46.5 Å².